The molecule has 0 radical (unpaired) electrons. The molecule has 0 atom stereocenters. The van der Waals surface area contributed by atoms with Gasteiger partial charge < -0.3 is 20.1 Å². The molecular formula is C17H20N4O5. The third kappa shape index (κ3) is 5.15. The number of rotatable bonds is 9. The number of nitrogens with one attached hydrogen (secondary N) is 2. The highest BCUT2D eigenvalue weighted by atomic mass is 16.6. The summed E-state index contributed by atoms with van der Waals surface area (Å²) in [5.74, 6) is 0.0489. The maximum absolute atomic E-state index is 12.5. The topological polar surface area (TPSA) is 116 Å². The van der Waals surface area contributed by atoms with E-state index >= 15 is 0 Å². The fourth-order valence-electron chi connectivity index (χ4n) is 2.19. The average molecular weight is 360 g/mol. The second kappa shape index (κ2) is 9.33. The number of nitro benzene ring substituents is 1. The maximum Gasteiger partial charge on any atom is 0.270 e. The zero-order valence-corrected chi connectivity index (χ0v) is 14.5. The zero-order valence-electron chi connectivity index (χ0n) is 14.5. The standard InChI is InChI=1S/C17H20N4O5/c1-25-8-7-18-15-5-4-13(21(23)24)9-14(15)17(22)20-11-12-3-6-16(26-2)19-10-12/h3-6,9-10,18H,7-8,11H2,1-2H3,(H,20,22). The fourth-order valence-corrected chi connectivity index (χ4v) is 2.19. The number of benzene rings is 1. The highest BCUT2D eigenvalue weighted by Gasteiger charge is 2.16. The fraction of sp³-hybridized carbons (Fsp3) is 0.294. The minimum absolute atomic E-state index is 0.154. The molecule has 9 heteroatoms. The van der Waals surface area contributed by atoms with E-state index in [0.29, 0.717) is 24.7 Å². The zero-order chi connectivity index (χ0) is 18.9. The molecule has 2 aromatic rings. The molecule has 1 aromatic heterocycles. The number of anilines is 1. The van der Waals surface area contributed by atoms with Crippen LogP contribution in [0.15, 0.2) is 36.5 Å². The second-order valence-electron chi connectivity index (χ2n) is 5.30. The monoisotopic (exact) mass is 360 g/mol. The van der Waals surface area contributed by atoms with Crippen molar-refractivity contribution in [2.75, 3.05) is 32.7 Å². The summed E-state index contributed by atoms with van der Waals surface area (Å²) in [5.41, 5.74) is 1.31. The van der Waals surface area contributed by atoms with Gasteiger partial charge in [-0.2, -0.15) is 0 Å². The number of carbonyl (C=O) groups excluding carboxylic acids is 1. The first kappa shape index (κ1) is 19.1. The quantitative estimate of drug-likeness (QED) is 0.399. The lowest BCUT2D eigenvalue weighted by Gasteiger charge is -2.12. The Bertz CT molecular complexity index is 764. The van der Waals surface area contributed by atoms with Crippen molar-refractivity contribution in [1.82, 2.24) is 10.3 Å². The van der Waals surface area contributed by atoms with E-state index in [1.165, 1.54) is 25.3 Å². The third-order valence-electron chi connectivity index (χ3n) is 3.54. The van der Waals surface area contributed by atoms with Crippen molar-refractivity contribution in [3.63, 3.8) is 0 Å². The lowest BCUT2D eigenvalue weighted by Crippen LogP contribution is -2.24. The summed E-state index contributed by atoms with van der Waals surface area (Å²) in [4.78, 5) is 27.0. The molecular weight excluding hydrogens is 340 g/mol. The molecule has 1 amide bonds. The van der Waals surface area contributed by atoms with Crippen LogP contribution in [0.2, 0.25) is 0 Å². The molecule has 0 aliphatic rings. The van der Waals surface area contributed by atoms with Crippen LogP contribution < -0.4 is 15.4 Å². The third-order valence-corrected chi connectivity index (χ3v) is 3.54. The molecule has 0 unspecified atom stereocenters. The highest BCUT2D eigenvalue weighted by molar-refractivity contribution is 6.00. The van der Waals surface area contributed by atoms with E-state index in [4.69, 9.17) is 9.47 Å². The molecule has 26 heavy (non-hydrogen) atoms. The number of hydrogen-bond acceptors (Lipinski definition) is 7. The molecule has 0 spiro atoms. The van der Waals surface area contributed by atoms with Crippen LogP contribution in [0, 0.1) is 10.1 Å². The number of hydrogen-bond donors (Lipinski definition) is 2. The summed E-state index contributed by atoms with van der Waals surface area (Å²) in [6, 6.07) is 7.57. The van der Waals surface area contributed by atoms with Gasteiger partial charge in [-0.1, -0.05) is 6.07 Å². The summed E-state index contributed by atoms with van der Waals surface area (Å²) in [5, 5.41) is 16.8. The van der Waals surface area contributed by atoms with E-state index < -0.39 is 10.8 Å². The first-order chi connectivity index (χ1) is 12.5. The van der Waals surface area contributed by atoms with Crippen LogP contribution in [0.1, 0.15) is 15.9 Å². The smallest absolute Gasteiger partial charge is 0.270 e. The molecule has 0 fully saturated rings. The van der Waals surface area contributed by atoms with Crippen molar-refractivity contribution < 1.29 is 19.2 Å². The first-order valence-electron chi connectivity index (χ1n) is 7.83. The number of ether oxygens (including phenoxy) is 2. The number of methoxy groups -OCH3 is 2. The number of pyridine rings is 1. The Kier molecular flexibility index (Phi) is 6.86. The van der Waals surface area contributed by atoms with E-state index in [1.807, 2.05) is 0 Å². The number of aromatic nitrogens is 1. The summed E-state index contributed by atoms with van der Waals surface area (Å²) in [6.45, 7) is 1.14. The molecule has 0 saturated carbocycles. The number of non-ortho nitro benzene ring substituents is 1. The van der Waals surface area contributed by atoms with Gasteiger partial charge in [0.1, 0.15) is 0 Å². The van der Waals surface area contributed by atoms with Crippen LogP contribution in [0.5, 0.6) is 5.88 Å². The van der Waals surface area contributed by atoms with Gasteiger partial charge in [-0.15, -0.1) is 0 Å². The lowest BCUT2D eigenvalue weighted by atomic mass is 10.1. The molecule has 0 bridgehead atoms. The SMILES string of the molecule is COCCNc1ccc([N+](=O)[O-])cc1C(=O)NCc1ccc(OC)nc1. The molecule has 2 rings (SSSR count). The van der Waals surface area contributed by atoms with Crippen LogP contribution in [0.25, 0.3) is 0 Å². The Labute approximate surface area is 150 Å². The largest absolute Gasteiger partial charge is 0.481 e. The molecule has 0 aliphatic carbocycles. The van der Waals surface area contributed by atoms with Crippen LogP contribution >= 0.6 is 0 Å². The molecule has 0 aliphatic heterocycles. The summed E-state index contributed by atoms with van der Waals surface area (Å²) in [7, 11) is 3.08. The molecule has 9 nitrogen and oxygen atoms in total. The van der Waals surface area contributed by atoms with E-state index in [-0.39, 0.29) is 17.8 Å². The maximum atomic E-state index is 12.5. The molecule has 2 N–H and O–H groups in total. The molecule has 1 heterocycles. The van der Waals surface area contributed by atoms with Crippen molar-refractivity contribution in [1.29, 1.82) is 0 Å². The van der Waals surface area contributed by atoms with Gasteiger partial charge in [-0.3, -0.25) is 14.9 Å². The number of carbonyl (C=O) groups is 1. The Hall–Kier alpha value is -3.20. The van der Waals surface area contributed by atoms with E-state index in [2.05, 4.69) is 15.6 Å². The van der Waals surface area contributed by atoms with Crippen molar-refractivity contribution in [3.05, 3.63) is 57.8 Å². The average Bonchev–Trinajstić information content (AvgIpc) is 2.66. The van der Waals surface area contributed by atoms with Crippen LogP contribution in [-0.2, 0) is 11.3 Å². The van der Waals surface area contributed by atoms with Crippen LogP contribution in [0.4, 0.5) is 11.4 Å². The lowest BCUT2D eigenvalue weighted by molar-refractivity contribution is -0.384. The van der Waals surface area contributed by atoms with Gasteiger partial charge in [-0.05, 0) is 11.6 Å². The van der Waals surface area contributed by atoms with E-state index in [9.17, 15) is 14.9 Å². The van der Waals surface area contributed by atoms with Gasteiger partial charge in [0.25, 0.3) is 11.6 Å². The minimum Gasteiger partial charge on any atom is -0.481 e. The Balaban J connectivity index is 2.12. The number of nitro groups is 1. The second-order valence-corrected chi connectivity index (χ2v) is 5.30. The van der Waals surface area contributed by atoms with Crippen molar-refractivity contribution in [2.45, 2.75) is 6.54 Å². The van der Waals surface area contributed by atoms with Gasteiger partial charge in [0.2, 0.25) is 5.88 Å². The molecule has 1 aromatic carbocycles. The highest BCUT2D eigenvalue weighted by Crippen LogP contribution is 2.22. The van der Waals surface area contributed by atoms with Gasteiger partial charge in [-0.25, -0.2) is 4.98 Å². The Morgan fingerprint density at radius 2 is 2.08 bits per heavy atom. The normalized spacial score (nSPS) is 10.2. The van der Waals surface area contributed by atoms with Crippen LogP contribution in [0.3, 0.4) is 0 Å². The van der Waals surface area contributed by atoms with Crippen molar-refractivity contribution in [3.8, 4) is 5.88 Å². The molecule has 0 saturated heterocycles. The Morgan fingerprint density at radius 1 is 1.27 bits per heavy atom. The Morgan fingerprint density at radius 3 is 2.69 bits per heavy atom. The van der Waals surface area contributed by atoms with E-state index in [0.717, 1.165) is 5.56 Å². The van der Waals surface area contributed by atoms with Gasteiger partial charge >= 0.3 is 0 Å². The van der Waals surface area contributed by atoms with Crippen LogP contribution in [-0.4, -0.2) is 43.2 Å². The van der Waals surface area contributed by atoms with Gasteiger partial charge in [0, 0.05) is 50.3 Å². The first-order valence-corrected chi connectivity index (χ1v) is 7.83. The minimum atomic E-state index is -0.539. The van der Waals surface area contributed by atoms with Crippen molar-refractivity contribution in [2.24, 2.45) is 0 Å². The van der Waals surface area contributed by atoms with Gasteiger partial charge in [0.15, 0.2) is 0 Å². The predicted octanol–water partition coefficient (Wildman–Crippen LogP) is 1.99. The van der Waals surface area contributed by atoms with E-state index in [1.54, 1.807) is 25.4 Å². The number of nitrogens with zero attached hydrogens (tertiary/aromatic N) is 2. The number of amides is 1. The summed E-state index contributed by atoms with van der Waals surface area (Å²) >= 11 is 0. The van der Waals surface area contributed by atoms with Crippen molar-refractivity contribution >= 4 is 17.3 Å². The predicted molar refractivity (Wildman–Crippen MR) is 95.4 cm³/mol. The summed E-state index contributed by atoms with van der Waals surface area (Å²) < 4.78 is 9.94. The molecule has 138 valence electrons. The summed E-state index contributed by atoms with van der Waals surface area (Å²) in [6.07, 6.45) is 1.59. The van der Waals surface area contributed by atoms with Gasteiger partial charge in [0.05, 0.1) is 24.2 Å².